The SMILES string of the molecule is CCOc1ccc(C#N)cc1NC(=O)c1cccc(N2C(=O)CCC2=O)c1. The fraction of sp³-hybridized carbons (Fsp3) is 0.200. The average molecular weight is 363 g/mol. The fourth-order valence-corrected chi connectivity index (χ4v) is 2.82. The standard InChI is InChI=1S/C20H17N3O4/c1-2-27-17-7-6-13(12-21)10-16(17)22-20(26)14-4-3-5-15(11-14)23-18(24)8-9-19(23)25/h3-7,10-11H,2,8-9H2,1H3,(H,22,26). The zero-order valence-corrected chi connectivity index (χ0v) is 14.7. The molecule has 27 heavy (non-hydrogen) atoms. The van der Waals surface area contributed by atoms with E-state index < -0.39 is 5.91 Å². The Kier molecular flexibility index (Phi) is 5.18. The maximum absolute atomic E-state index is 12.7. The number of rotatable bonds is 5. The number of hydrogen-bond donors (Lipinski definition) is 1. The zero-order chi connectivity index (χ0) is 19.4. The van der Waals surface area contributed by atoms with Crippen molar-refractivity contribution in [1.29, 1.82) is 5.26 Å². The van der Waals surface area contributed by atoms with Crippen LogP contribution in [0, 0.1) is 11.3 Å². The van der Waals surface area contributed by atoms with Crippen molar-refractivity contribution in [3.8, 4) is 11.8 Å². The number of anilines is 2. The Morgan fingerprint density at radius 2 is 1.93 bits per heavy atom. The first-order valence-corrected chi connectivity index (χ1v) is 8.47. The smallest absolute Gasteiger partial charge is 0.255 e. The van der Waals surface area contributed by atoms with Crippen LogP contribution in [0.25, 0.3) is 0 Å². The molecule has 136 valence electrons. The third-order valence-corrected chi connectivity index (χ3v) is 4.07. The predicted molar refractivity (Wildman–Crippen MR) is 98.4 cm³/mol. The van der Waals surface area contributed by atoms with Crippen molar-refractivity contribution in [1.82, 2.24) is 0 Å². The first-order valence-electron chi connectivity index (χ1n) is 8.47. The van der Waals surface area contributed by atoms with Crippen molar-refractivity contribution in [2.45, 2.75) is 19.8 Å². The van der Waals surface area contributed by atoms with Gasteiger partial charge in [-0.05, 0) is 43.3 Å². The highest BCUT2D eigenvalue weighted by atomic mass is 16.5. The third kappa shape index (κ3) is 3.80. The number of nitrogens with zero attached hydrogens (tertiary/aromatic N) is 2. The van der Waals surface area contributed by atoms with E-state index in [-0.39, 0.29) is 30.2 Å². The Bertz CT molecular complexity index is 946. The molecule has 1 N–H and O–H groups in total. The van der Waals surface area contributed by atoms with Crippen LogP contribution in [0.15, 0.2) is 42.5 Å². The van der Waals surface area contributed by atoms with Crippen LogP contribution >= 0.6 is 0 Å². The second-order valence-electron chi connectivity index (χ2n) is 5.88. The molecular weight excluding hydrogens is 346 g/mol. The number of benzene rings is 2. The Morgan fingerprint density at radius 3 is 2.59 bits per heavy atom. The van der Waals surface area contributed by atoms with Crippen LogP contribution < -0.4 is 15.0 Å². The van der Waals surface area contributed by atoms with Crippen LogP contribution in [0.3, 0.4) is 0 Å². The van der Waals surface area contributed by atoms with E-state index in [9.17, 15) is 14.4 Å². The molecule has 1 fully saturated rings. The van der Waals surface area contributed by atoms with E-state index in [1.54, 1.807) is 30.3 Å². The highest BCUT2D eigenvalue weighted by Crippen LogP contribution is 2.27. The summed E-state index contributed by atoms with van der Waals surface area (Å²) in [7, 11) is 0. The topological polar surface area (TPSA) is 99.5 Å². The minimum Gasteiger partial charge on any atom is -0.492 e. The van der Waals surface area contributed by atoms with E-state index in [0.29, 0.717) is 29.3 Å². The molecule has 3 rings (SSSR count). The van der Waals surface area contributed by atoms with Crippen molar-refractivity contribution in [2.75, 3.05) is 16.8 Å². The Morgan fingerprint density at radius 1 is 1.19 bits per heavy atom. The zero-order valence-electron chi connectivity index (χ0n) is 14.7. The highest BCUT2D eigenvalue weighted by molar-refractivity contribution is 6.20. The third-order valence-electron chi connectivity index (χ3n) is 4.07. The van der Waals surface area contributed by atoms with Crippen molar-refractivity contribution >= 4 is 29.1 Å². The van der Waals surface area contributed by atoms with Crippen LogP contribution in [0.1, 0.15) is 35.7 Å². The van der Waals surface area contributed by atoms with E-state index in [1.165, 1.54) is 12.1 Å². The molecule has 0 spiro atoms. The summed E-state index contributed by atoms with van der Waals surface area (Å²) in [6.07, 6.45) is 0.349. The normalized spacial score (nSPS) is 13.4. The molecule has 7 nitrogen and oxygen atoms in total. The first kappa shape index (κ1) is 18.1. The van der Waals surface area contributed by atoms with Gasteiger partial charge in [-0.25, -0.2) is 0 Å². The van der Waals surface area contributed by atoms with Gasteiger partial charge in [0.25, 0.3) is 5.91 Å². The molecule has 1 heterocycles. The van der Waals surface area contributed by atoms with E-state index in [2.05, 4.69) is 5.32 Å². The molecular formula is C20H17N3O4. The molecule has 2 aromatic rings. The van der Waals surface area contributed by atoms with Gasteiger partial charge in [-0.15, -0.1) is 0 Å². The summed E-state index contributed by atoms with van der Waals surface area (Å²) in [5, 5.41) is 11.8. The molecule has 0 atom stereocenters. The summed E-state index contributed by atoms with van der Waals surface area (Å²) in [4.78, 5) is 37.6. The second-order valence-corrected chi connectivity index (χ2v) is 5.88. The lowest BCUT2D eigenvalue weighted by atomic mass is 10.1. The molecule has 0 aromatic heterocycles. The van der Waals surface area contributed by atoms with Gasteiger partial charge in [-0.2, -0.15) is 5.26 Å². The van der Waals surface area contributed by atoms with Gasteiger partial charge in [0, 0.05) is 18.4 Å². The maximum Gasteiger partial charge on any atom is 0.255 e. The highest BCUT2D eigenvalue weighted by Gasteiger charge is 2.30. The number of nitrogens with one attached hydrogen (secondary N) is 1. The summed E-state index contributed by atoms with van der Waals surface area (Å²) in [5.74, 6) is -0.547. The maximum atomic E-state index is 12.7. The number of ether oxygens (including phenoxy) is 1. The van der Waals surface area contributed by atoms with Crippen LogP contribution in [-0.4, -0.2) is 24.3 Å². The largest absolute Gasteiger partial charge is 0.492 e. The lowest BCUT2D eigenvalue weighted by Crippen LogP contribution is -2.28. The summed E-state index contributed by atoms with van der Waals surface area (Å²) < 4.78 is 5.48. The molecule has 1 aliphatic rings. The first-order chi connectivity index (χ1) is 13.0. The molecule has 0 radical (unpaired) electrons. The quantitative estimate of drug-likeness (QED) is 0.824. The minimum absolute atomic E-state index is 0.175. The van der Waals surface area contributed by atoms with E-state index in [0.717, 1.165) is 4.90 Å². The van der Waals surface area contributed by atoms with Gasteiger partial charge in [-0.1, -0.05) is 6.07 Å². The summed E-state index contributed by atoms with van der Waals surface area (Å²) in [5.41, 5.74) is 1.41. The molecule has 7 heteroatoms. The van der Waals surface area contributed by atoms with Gasteiger partial charge < -0.3 is 10.1 Å². The summed E-state index contributed by atoms with van der Waals surface area (Å²) in [6.45, 7) is 2.22. The van der Waals surface area contributed by atoms with Gasteiger partial charge in [0.15, 0.2) is 0 Å². The van der Waals surface area contributed by atoms with Crippen LogP contribution in [0.4, 0.5) is 11.4 Å². The molecule has 1 saturated heterocycles. The Labute approximate surface area is 156 Å². The van der Waals surface area contributed by atoms with Crippen molar-refractivity contribution in [3.05, 3.63) is 53.6 Å². The average Bonchev–Trinajstić information content (AvgIpc) is 3.01. The van der Waals surface area contributed by atoms with Gasteiger partial charge in [-0.3, -0.25) is 19.3 Å². The fourth-order valence-electron chi connectivity index (χ4n) is 2.82. The van der Waals surface area contributed by atoms with Crippen molar-refractivity contribution in [2.24, 2.45) is 0 Å². The number of nitriles is 1. The predicted octanol–water partition coefficient (Wildman–Crippen LogP) is 2.86. The number of imide groups is 1. The van der Waals surface area contributed by atoms with Crippen LogP contribution in [0.5, 0.6) is 5.75 Å². The van der Waals surface area contributed by atoms with Gasteiger partial charge in [0.2, 0.25) is 11.8 Å². The van der Waals surface area contributed by atoms with Crippen LogP contribution in [0.2, 0.25) is 0 Å². The number of hydrogen-bond acceptors (Lipinski definition) is 5. The van der Waals surface area contributed by atoms with Crippen LogP contribution in [-0.2, 0) is 9.59 Å². The van der Waals surface area contributed by atoms with Crippen molar-refractivity contribution in [3.63, 3.8) is 0 Å². The lowest BCUT2D eigenvalue weighted by molar-refractivity contribution is -0.121. The molecule has 0 unspecified atom stereocenters. The van der Waals surface area contributed by atoms with Gasteiger partial charge in [0.1, 0.15) is 5.75 Å². The van der Waals surface area contributed by atoms with Gasteiger partial charge in [0.05, 0.1) is 29.6 Å². The second kappa shape index (κ2) is 7.70. The number of carbonyl (C=O) groups excluding carboxylic acids is 3. The number of amides is 3. The van der Waals surface area contributed by atoms with E-state index >= 15 is 0 Å². The minimum atomic E-state index is -0.438. The molecule has 1 aliphatic heterocycles. The Hall–Kier alpha value is -3.66. The molecule has 0 aliphatic carbocycles. The molecule has 2 aromatic carbocycles. The van der Waals surface area contributed by atoms with Crippen molar-refractivity contribution < 1.29 is 19.1 Å². The van der Waals surface area contributed by atoms with Gasteiger partial charge >= 0.3 is 0 Å². The number of carbonyl (C=O) groups is 3. The van der Waals surface area contributed by atoms with E-state index in [4.69, 9.17) is 10.00 Å². The summed E-state index contributed by atoms with van der Waals surface area (Å²) >= 11 is 0. The Balaban J connectivity index is 1.87. The van der Waals surface area contributed by atoms with E-state index in [1.807, 2.05) is 13.0 Å². The molecule has 0 bridgehead atoms. The molecule has 0 saturated carbocycles. The molecule has 3 amide bonds. The monoisotopic (exact) mass is 363 g/mol. The lowest BCUT2D eigenvalue weighted by Gasteiger charge is -2.15. The summed E-state index contributed by atoms with van der Waals surface area (Å²) in [6, 6.07) is 13.1.